The summed E-state index contributed by atoms with van der Waals surface area (Å²) in [6.07, 6.45) is 0.840. The number of nitrogens with one attached hydrogen (secondary N) is 3. The van der Waals surface area contributed by atoms with Gasteiger partial charge in [0.05, 0.1) is 12.5 Å². The van der Waals surface area contributed by atoms with Crippen LogP contribution in [0.1, 0.15) is 30.8 Å². The lowest BCUT2D eigenvalue weighted by Gasteiger charge is -2.14. The molecule has 0 aromatic carbocycles. The Morgan fingerprint density at radius 2 is 2.11 bits per heavy atom. The summed E-state index contributed by atoms with van der Waals surface area (Å²) in [5, 5.41) is 9.50. The Hall–Kier alpha value is -1.34. The van der Waals surface area contributed by atoms with Gasteiger partial charge < -0.3 is 10.1 Å². The van der Waals surface area contributed by atoms with Gasteiger partial charge in [-0.15, -0.1) is 0 Å². The molecule has 1 atom stereocenters. The number of carbonyl (C=O) groups is 2. The molecule has 6 nitrogen and oxygen atoms in total. The third-order valence-corrected chi connectivity index (χ3v) is 2.83. The maximum absolute atomic E-state index is 11.5. The Balaban J connectivity index is 2.37. The van der Waals surface area contributed by atoms with Crippen LogP contribution in [0.3, 0.4) is 0 Å². The molecule has 7 heteroatoms. The number of hydrogen-bond acceptors (Lipinski definition) is 3. The van der Waals surface area contributed by atoms with Gasteiger partial charge in [-0.25, -0.2) is 0 Å². The first kappa shape index (κ1) is 14.7. The summed E-state index contributed by atoms with van der Waals surface area (Å²) in [5.74, 6) is -0.894. The molecule has 0 bridgehead atoms. The van der Waals surface area contributed by atoms with Crippen molar-refractivity contribution in [3.63, 3.8) is 0 Å². The van der Waals surface area contributed by atoms with Crippen LogP contribution < -0.4 is 10.9 Å². The van der Waals surface area contributed by atoms with Crippen molar-refractivity contribution >= 4 is 27.7 Å². The summed E-state index contributed by atoms with van der Waals surface area (Å²) in [7, 11) is 0. The lowest BCUT2D eigenvalue weighted by atomic mass is 10.0. The van der Waals surface area contributed by atoms with Crippen molar-refractivity contribution < 1.29 is 14.7 Å². The van der Waals surface area contributed by atoms with Crippen molar-refractivity contribution in [3.05, 3.63) is 22.4 Å². The SMILES string of the molecule is CC(C)C(O)CC(=O)NNC(=O)c1cc(Br)c[nH]1. The number of aliphatic hydroxyl groups excluding tert-OH is 1. The largest absolute Gasteiger partial charge is 0.392 e. The third kappa shape index (κ3) is 4.50. The monoisotopic (exact) mass is 317 g/mol. The Morgan fingerprint density at radius 3 is 2.61 bits per heavy atom. The molecule has 0 saturated heterocycles. The van der Waals surface area contributed by atoms with Gasteiger partial charge in [0.25, 0.3) is 5.91 Å². The molecular weight excluding hydrogens is 302 g/mol. The van der Waals surface area contributed by atoms with Crippen LogP contribution >= 0.6 is 15.9 Å². The number of aliphatic hydroxyl groups is 1. The van der Waals surface area contributed by atoms with Gasteiger partial charge in [-0.1, -0.05) is 13.8 Å². The minimum Gasteiger partial charge on any atom is -0.392 e. The van der Waals surface area contributed by atoms with E-state index in [0.29, 0.717) is 5.69 Å². The number of rotatable bonds is 4. The van der Waals surface area contributed by atoms with Gasteiger partial charge in [-0.05, 0) is 27.9 Å². The number of H-pyrrole nitrogens is 1. The van der Waals surface area contributed by atoms with Crippen LogP contribution in [-0.2, 0) is 4.79 Å². The maximum atomic E-state index is 11.5. The Kier molecular flexibility index (Phi) is 5.36. The topological polar surface area (TPSA) is 94.2 Å². The molecule has 1 aromatic heterocycles. The van der Waals surface area contributed by atoms with Gasteiger partial charge in [0, 0.05) is 10.7 Å². The number of hydrogen-bond donors (Lipinski definition) is 4. The Labute approximate surface area is 113 Å². The van der Waals surface area contributed by atoms with E-state index >= 15 is 0 Å². The molecule has 18 heavy (non-hydrogen) atoms. The summed E-state index contributed by atoms with van der Waals surface area (Å²) >= 11 is 3.20. The molecule has 4 N–H and O–H groups in total. The lowest BCUT2D eigenvalue weighted by Crippen LogP contribution is -2.43. The standard InChI is InChI=1S/C11H16BrN3O3/c1-6(2)9(16)4-10(17)14-15-11(18)8-3-7(12)5-13-8/h3,5-6,9,13,16H,4H2,1-2H3,(H,14,17)(H,15,18). The second-order valence-electron chi connectivity index (χ2n) is 4.25. The van der Waals surface area contributed by atoms with E-state index in [0.717, 1.165) is 4.47 Å². The molecule has 0 spiro atoms. The highest BCUT2D eigenvalue weighted by atomic mass is 79.9. The van der Waals surface area contributed by atoms with Crippen LogP contribution in [0, 0.1) is 5.92 Å². The highest BCUT2D eigenvalue weighted by Gasteiger charge is 2.15. The fourth-order valence-corrected chi connectivity index (χ4v) is 1.51. The highest BCUT2D eigenvalue weighted by Crippen LogP contribution is 2.10. The first-order chi connectivity index (χ1) is 8.40. The summed E-state index contributed by atoms with van der Waals surface area (Å²) < 4.78 is 0.745. The molecule has 0 aliphatic carbocycles. The fraction of sp³-hybridized carbons (Fsp3) is 0.455. The predicted molar refractivity (Wildman–Crippen MR) is 69.6 cm³/mol. The molecule has 2 amide bonds. The number of hydrazine groups is 1. The van der Waals surface area contributed by atoms with Gasteiger partial charge >= 0.3 is 0 Å². The van der Waals surface area contributed by atoms with Crippen molar-refractivity contribution in [2.24, 2.45) is 5.92 Å². The number of carbonyl (C=O) groups excluding carboxylic acids is 2. The van der Waals surface area contributed by atoms with Gasteiger partial charge in [0.2, 0.25) is 5.91 Å². The van der Waals surface area contributed by atoms with E-state index in [1.165, 1.54) is 0 Å². The predicted octanol–water partition coefficient (Wildman–Crippen LogP) is 0.945. The Morgan fingerprint density at radius 1 is 1.44 bits per heavy atom. The van der Waals surface area contributed by atoms with Gasteiger partial charge in [0.15, 0.2) is 0 Å². The molecule has 1 aromatic rings. The van der Waals surface area contributed by atoms with Crippen LogP contribution in [0.25, 0.3) is 0 Å². The molecule has 0 saturated carbocycles. The van der Waals surface area contributed by atoms with Gasteiger partial charge in [0.1, 0.15) is 5.69 Å². The van der Waals surface area contributed by atoms with Crippen molar-refractivity contribution in [1.29, 1.82) is 0 Å². The molecule has 0 fully saturated rings. The number of aromatic nitrogens is 1. The zero-order chi connectivity index (χ0) is 13.7. The highest BCUT2D eigenvalue weighted by molar-refractivity contribution is 9.10. The van der Waals surface area contributed by atoms with Gasteiger partial charge in [-0.3, -0.25) is 20.4 Å². The third-order valence-electron chi connectivity index (χ3n) is 2.37. The Bertz CT molecular complexity index is 431. The summed E-state index contributed by atoms with van der Waals surface area (Å²) in [6.45, 7) is 3.62. The van der Waals surface area contributed by atoms with E-state index < -0.39 is 17.9 Å². The van der Waals surface area contributed by atoms with Crippen LogP contribution in [0.2, 0.25) is 0 Å². The van der Waals surface area contributed by atoms with Crippen LogP contribution in [0.4, 0.5) is 0 Å². The second kappa shape index (κ2) is 6.55. The number of amides is 2. The van der Waals surface area contributed by atoms with E-state index in [1.54, 1.807) is 12.3 Å². The average Bonchev–Trinajstić information content (AvgIpc) is 2.72. The van der Waals surface area contributed by atoms with E-state index in [4.69, 9.17) is 0 Å². The summed E-state index contributed by atoms with van der Waals surface area (Å²) in [5.41, 5.74) is 4.82. The number of halogens is 1. The van der Waals surface area contributed by atoms with E-state index in [1.807, 2.05) is 13.8 Å². The minimum absolute atomic E-state index is 0.00851. The van der Waals surface area contributed by atoms with E-state index in [-0.39, 0.29) is 12.3 Å². The first-order valence-corrected chi connectivity index (χ1v) is 6.30. The van der Waals surface area contributed by atoms with Crippen molar-refractivity contribution in [1.82, 2.24) is 15.8 Å². The molecule has 1 rings (SSSR count). The molecule has 0 aliphatic heterocycles. The molecule has 1 unspecified atom stereocenters. The molecular formula is C11H16BrN3O3. The molecule has 0 radical (unpaired) electrons. The zero-order valence-electron chi connectivity index (χ0n) is 10.2. The van der Waals surface area contributed by atoms with Crippen LogP contribution in [-0.4, -0.2) is 28.0 Å². The maximum Gasteiger partial charge on any atom is 0.286 e. The normalized spacial score (nSPS) is 12.3. The smallest absolute Gasteiger partial charge is 0.286 e. The lowest BCUT2D eigenvalue weighted by molar-refractivity contribution is -0.124. The first-order valence-electron chi connectivity index (χ1n) is 5.51. The van der Waals surface area contributed by atoms with E-state index in [9.17, 15) is 14.7 Å². The average molecular weight is 318 g/mol. The van der Waals surface area contributed by atoms with Crippen molar-refractivity contribution in [2.45, 2.75) is 26.4 Å². The van der Waals surface area contributed by atoms with E-state index in [2.05, 4.69) is 31.8 Å². The van der Waals surface area contributed by atoms with Crippen LogP contribution in [0.5, 0.6) is 0 Å². The fourth-order valence-electron chi connectivity index (χ4n) is 1.17. The quantitative estimate of drug-likeness (QED) is 0.623. The van der Waals surface area contributed by atoms with Crippen LogP contribution in [0.15, 0.2) is 16.7 Å². The molecule has 100 valence electrons. The zero-order valence-corrected chi connectivity index (χ0v) is 11.7. The summed E-state index contributed by atoms with van der Waals surface area (Å²) in [6, 6.07) is 1.59. The molecule has 1 heterocycles. The number of aromatic amines is 1. The van der Waals surface area contributed by atoms with Gasteiger partial charge in [-0.2, -0.15) is 0 Å². The second-order valence-corrected chi connectivity index (χ2v) is 5.17. The van der Waals surface area contributed by atoms with Crippen molar-refractivity contribution in [2.75, 3.05) is 0 Å². The summed E-state index contributed by atoms with van der Waals surface area (Å²) in [4.78, 5) is 25.7. The minimum atomic E-state index is -0.721. The van der Waals surface area contributed by atoms with Crippen molar-refractivity contribution in [3.8, 4) is 0 Å². The molecule has 0 aliphatic rings.